The monoisotopic (exact) mass is 242 g/mol. The SMILES string of the molecule is Cc1ccc(C(=O)CCC(=O)n2ccnc2)cc1. The first-order chi connectivity index (χ1) is 8.66. The lowest BCUT2D eigenvalue weighted by molar-refractivity contribution is 0.0864. The highest BCUT2D eigenvalue weighted by atomic mass is 16.2. The molecule has 0 aliphatic heterocycles. The molecule has 4 heteroatoms. The van der Waals surface area contributed by atoms with E-state index in [0.29, 0.717) is 5.56 Å². The first kappa shape index (κ1) is 12.2. The summed E-state index contributed by atoms with van der Waals surface area (Å²) >= 11 is 0. The van der Waals surface area contributed by atoms with Crippen molar-refractivity contribution in [2.24, 2.45) is 0 Å². The molecule has 0 atom stereocenters. The fourth-order valence-corrected chi connectivity index (χ4v) is 1.64. The quantitative estimate of drug-likeness (QED) is 0.774. The Hall–Kier alpha value is -2.23. The van der Waals surface area contributed by atoms with Crippen LogP contribution < -0.4 is 0 Å². The number of imidazole rings is 1. The van der Waals surface area contributed by atoms with Gasteiger partial charge in [0.15, 0.2) is 5.78 Å². The molecular weight excluding hydrogens is 228 g/mol. The van der Waals surface area contributed by atoms with E-state index in [0.717, 1.165) is 5.56 Å². The van der Waals surface area contributed by atoms with Crippen molar-refractivity contribution in [3.8, 4) is 0 Å². The van der Waals surface area contributed by atoms with Crippen LogP contribution in [-0.4, -0.2) is 21.2 Å². The van der Waals surface area contributed by atoms with Crippen molar-refractivity contribution in [3.05, 3.63) is 54.1 Å². The van der Waals surface area contributed by atoms with Crippen molar-refractivity contribution in [3.63, 3.8) is 0 Å². The highest BCUT2D eigenvalue weighted by Crippen LogP contribution is 2.08. The summed E-state index contributed by atoms with van der Waals surface area (Å²) in [6, 6.07) is 7.37. The zero-order valence-corrected chi connectivity index (χ0v) is 10.2. The largest absolute Gasteiger partial charge is 0.294 e. The van der Waals surface area contributed by atoms with Crippen LogP contribution in [0.4, 0.5) is 0 Å². The van der Waals surface area contributed by atoms with Gasteiger partial charge in [-0.05, 0) is 6.92 Å². The van der Waals surface area contributed by atoms with Gasteiger partial charge in [-0.3, -0.25) is 14.2 Å². The minimum atomic E-state index is -0.118. The fourth-order valence-electron chi connectivity index (χ4n) is 1.64. The predicted octanol–water partition coefficient (Wildman–Crippen LogP) is 2.49. The van der Waals surface area contributed by atoms with Crippen LogP contribution in [0, 0.1) is 6.92 Å². The summed E-state index contributed by atoms with van der Waals surface area (Å²) < 4.78 is 1.39. The summed E-state index contributed by atoms with van der Waals surface area (Å²) in [6.45, 7) is 1.97. The Morgan fingerprint density at radius 3 is 2.50 bits per heavy atom. The van der Waals surface area contributed by atoms with Gasteiger partial charge in [0, 0.05) is 30.8 Å². The lowest BCUT2D eigenvalue weighted by Gasteiger charge is -2.02. The Balaban J connectivity index is 1.92. The molecule has 0 radical (unpaired) electrons. The molecule has 0 aliphatic rings. The summed E-state index contributed by atoms with van der Waals surface area (Å²) in [5, 5.41) is 0. The number of hydrogen-bond acceptors (Lipinski definition) is 3. The second-order valence-corrected chi connectivity index (χ2v) is 4.15. The van der Waals surface area contributed by atoms with Crippen LogP contribution in [0.25, 0.3) is 0 Å². The third-order valence-corrected chi connectivity index (χ3v) is 2.73. The molecule has 2 rings (SSSR count). The van der Waals surface area contributed by atoms with Gasteiger partial charge in [-0.25, -0.2) is 4.98 Å². The number of aryl methyl sites for hydroxylation is 1. The Labute approximate surface area is 105 Å². The number of aromatic nitrogens is 2. The van der Waals surface area contributed by atoms with E-state index in [1.807, 2.05) is 19.1 Å². The van der Waals surface area contributed by atoms with E-state index in [9.17, 15) is 9.59 Å². The number of rotatable bonds is 4. The topological polar surface area (TPSA) is 52.0 Å². The first-order valence-electron chi connectivity index (χ1n) is 5.78. The van der Waals surface area contributed by atoms with Crippen LogP contribution in [0.1, 0.15) is 33.6 Å². The molecule has 0 saturated carbocycles. The first-order valence-corrected chi connectivity index (χ1v) is 5.78. The minimum absolute atomic E-state index is 0.0107. The third kappa shape index (κ3) is 2.91. The van der Waals surface area contributed by atoms with Gasteiger partial charge in [0.1, 0.15) is 6.33 Å². The fraction of sp³-hybridized carbons (Fsp3) is 0.214. The molecule has 0 fully saturated rings. The van der Waals surface area contributed by atoms with Gasteiger partial charge in [0.05, 0.1) is 0 Å². The number of carbonyl (C=O) groups is 2. The highest BCUT2D eigenvalue weighted by Gasteiger charge is 2.10. The van der Waals surface area contributed by atoms with E-state index >= 15 is 0 Å². The molecule has 0 bridgehead atoms. The predicted molar refractivity (Wildman–Crippen MR) is 67.6 cm³/mol. The highest BCUT2D eigenvalue weighted by molar-refractivity contribution is 5.98. The van der Waals surface area contributed by atoms with Gasteiger partial charge in [-0.1, -0.05) is 29.8 Å². The van der Waals surface area contributed by atoms with E-state index in [4.69, 9.17) is 0 Å². The van der Waals surface area contributed by atoms with Crippen LogP contribution in [0.5, 0.6) is 0 Å². The van der Waals surface area contributed by atoms with Crippen LogP contribution >= 0.6 is 0 Å². The van der Waals surface area contributed by atoms with Crippen molar-refractivity contribution in [2.75, 3.05) is 0 Å². The zero-order valence-electron chi connectivity index (χ0n) is 10.2. The molecule has 18 heavy (non-hydrogen) atoms. The summed E-state index contributed by atoms with van der Waals surface area (Å²) in [4.78, 5) is 27.3. The van der Waals surface area contributed by atoms with Crippen LogP contribution in [0.15, 0.2) is 43.0 Å². The minimum Gasteiger partial charge on any atom is -0.294 e. The van der Waals surface area contributed by atoms with Crippen LogP contribution in [0.3, 0.4) is 0 Å². The van der Waals surface area contributed by atoms with E-state index in [-0.39, 0.29) is 24.5 Å². The number of carbonyl (C=O) groups excluding carboxylic acids is 2. The maximum Gasteiger partial charge on any atom is 0.232 e. The molecule has 1 heterocycles. The number of ketones is 1. The maximum absolute atomic E-state index is 11.9. The van der Waals surface area contributed by atoms with Gasteiger partial charge in [0.2, 0.25) is 5.91 Å². The van der Waals surface area contributed by atoms with Gasteiger partial charge in [0.25, 0.3) is 0 Å². The molecular formula is C14H14N2O2. The molecule has 0 saturated heterocycles. The van der Waals surface area contributed by atoms with Gasteiger partial charge >= 0.3 is 0 Å². The number of Topliss-reactive ketones (excluding diaryl/α,β-unsaturated/α-hetero) is 1. The number of nitrogens with zero attached hydrogens (tertiary/aromatic N) is 2. The maximum atomic E-state index is 11.9. The number of benzene rings is 1. The Morgan fingerprint density at radius 1 is 1.17 bits per heavy atom. The van der Waals surface area contributed by atoms with Crippen LogP contribution in [-0.2, 0) is 0 Å². The Bertz CT molecular complexity index is 542. The summed E-state index contributed by atoms with van der Waals surface area (Å²) in [5.74, 6) is -0.128. The molecule has 0 N–H and O–H groups in total. The third-order valence-electron chi connectivity index (χ3n) is 2.73. The van der Waals surface area contributed by atoms with E-state index in [1.54, 1.807) is 24.5 Å². The van der Waals surface area contributed by atoms with Crippen LogP contribution in [0.2, 0.25) is 0 Å². The van der Waals surface area contributed by atoms with Crippen molar-refractivity contribution in [2.45, 2.75) is 19.8 Å². The smallest absolute Gasteiger partial charge is 0.232 e. The molecule has 2 aromatic rings. The average Bonchev–Trinajstić information content (AvgIpc) is 2.90. The average molecular weight is 242 g/mol. The summed E-state index contributed by atoms with van der Waals surface area (Å²) in [7, 11) is 0. The van der Waals surface area contributed by atoms with Crippen molar-refractivity contribution in [1.82, 2.24) is 9.55 Å². The second kappa shape index (κ2) is 5.40. The molecule has 1 aromatic heterocycles. The molecule has 0 unspecified atom stereocenters. The lowest BCUT2D eigenvalue weighted by atomic mass is 10.1. The zero-order chi connectivity index (χ0) is 13.0. The molecule has 1 aromatic carbocycles. The number of hydrogen-bond donors (Lipinski definition) is 0. The molecule has 4 nitrogen and oxygen atoms in total. The Morgan fingerprint density at radius 2 is 1.89 bits per heavy atom. The van der Waals surface area contributed by atoms with Gasteiger partial charge in [-0.15, -0.1) is 0 Å². The standard InChI is InChI=1S/C14H14N2O2/c1-11-2-4-12(5-3-11)13(17)6-7-14(18)16-9-8-15-10-16/h2-5,8-10H,6-7H2,1H3. The van der Waals surface area contributed by atoms with E-state index in [1.165, 1.54) is 10.9 Å². The molecule has 0 amide bonds. The molecule has 0 aliphatic carbocycles. The lowest BCUT2D eigenvalue weighted by Crippen LogP contribution is -2.10. The van der Waals surface area contributed by atoms with E-state index in [2.05, 4.69) is 4.98 Å². The van der Waals surface area contributed by atoms with Crippen molar-refractivity contribution in [1.29, 1.82) is 0 Å². The van der Waals surface area contributed by atoms with E-state index < -0.39 is 0 Å². The second-order valence-electron chi connectivity index (χ2n) is 4.15. The van der Waals surface area contributed by atoms with Gasteiger partial charge < -0.3 is 0 Å². The molecule has 92 valence electrons. The molecule has 0 spiro atoms. The van der Waals surface area contributed by atoms with Crippen molar-refractivity contribution < 1.29 is 9.59 Å². The van der Waals surface area contributed by atoms with Gasteiger partial charge in [-0.2, -0.15) is 0 Å². The normalized spacial score (nSPS) is 10.3. The summed E-state index contributed by atoms with van der Waals surface area (Å²) in [5.41, 5.74) is 1.76. The van der Waals surface area contributed by atoms with Crippen molar-refractivity contribution >= 4 is 11.7 Å². The Kier molecular flexibility index (Phi) is 3.67. The summed E-state index contributed by atoms with van der Waals surface area (Å²) in [6.07, 6.45) is 4.99.